The maximum atomic E-state index is 8.51. The fourth-order valence-electron chi connectivity index (χ4n) is 4.90. The molecule has 0 saturated heterocycles. The lowest BCUT2D eigenvalue weighted by molar-refractivity contribution is -0.659. The van der Waals surface area contributed by atoms with Crippen molar-refractivity contribution < 1.29 is 14.5 Å². The monoisotopic (exact) mass is 420 g/mol. The first-order valence-corrected chi connectivity index (χ1v) is 10.8. The fourth-order valence-corrected chi connectivity index (χ4v) is 4.90. The van der Waals surface area contributed by atoms with Gasteiger partial charge in [-0.25, -0.2) is 4.57 Å². The summed E-state index contributed by atoms with van der Waals surface area (Å²) in [7, 11) is 2.01. The van der Waals surface area contributed by atoms with E-state index in [2.05, 4.69) is 47.9 Å². The molecule has 0 fully saturated rings. The Labute approximate surface area is 193 Å². The van der Waals surface area contributed by atoms with E-state index in [1.807, 2.05) is 43.6 Å². The molecule has 2 nitrogen and oxygen atoms in total. The van der Waals surface area contributed by atoms with Crippen LogP contribution >= 0.6 is 0 Å². The molecule has 0 aliphatic rings. The first-order valence-electron chi connectivity index (χ1n) is 12.8. The van der Waals surface area contributed by atoms with Crippen molar-refractivity contribution in [2.24, 2.45) is 7.05 Å². The fraction of sp³-hybridized carbons (Fsp3) is 0.167. The number of aryl methyl sites for hydroxylation is 2. The highest BCUT2D eigenvalue weighted by molar-refractivity contribution is 6.16. The summed E-state index contributed by atoms with van der Waals surface area (Å²) in [6, 6.07) is 24.3. The normalized spacial score (nSPS) is 16.1. The van der Waals surface area contributed by atoms with Crippen molar-refractivity contribution >= 4 is 43.5 Å². The first kappa shape index (κ1) is 15.2. The third-order valence-electron chi connectivity index (χ3n) is 6.61. The van der Waals surface area contributed by atoms with E-state index >= 15 is 0 Å². The van der Waals surface area contributed by atoms with Crippen molar-refractivity contribution in [1.29, 1.82) is 0 Å². The van der Waals surface area contributed by atoms with Gasteiger partial charge in [0.15, 0.2) is 6.20 Å². The SMILES string of the molecule is [2H]C([2H])([2H])C([2H])(C)c1ccc2c(-c3ccc4c(oc5c6ccccc6ccc45)c3C)[n+](C)ccc2c1. The number of hydrogen-bond donors (Lipinski definition) is 0. The van der Waals surface area contributed by atoms with E-state index in [1.165, 1.54) is 6.92 Å². The first-order chi connectivity index (χ1) is 17.1. The molecule has 0 aliphatic carbocycles. The molecule has 2 aromatic heterocycles. The van der Waals surface area contributed by atoms with Gasteiger partial charge in [-0.15, -0.1) is 0 Å². The van der Waals surface area contributed by atoms with Gasteiger partial charge >= 0.3 is 0 Å². The molecule has 1 atom stereocenters. The van der Waals surface area contributed by atoms with E-state index in [1.54, 1.807) is 6.07 Å². The van der Waals surface area contributed by atoms with Crippen molar-refractivity contribution in [1.82, 2.24) is 0 Å². The van der Waals surface area contributed by atoms with Crippen molar-refractivity contribution in [3.63, 3.8) is 0 Å². The molecule has 0 spiro atoms. The quantitative estimate of drug-likeness (QED) is 0.261. The van der Waals surface area contributed by atoms with E-state index in [-0.39, 0.29) is 0 Å². The Bertz CT molecular complexity index is 1830. The molecular formula is C30H26NO+. The van der Waals surface area contributed by atoms with Gasteiger partial charge in [0.25, 0.3) is 0 Å². The van der Waals surface area contributed by atoms with Gasteiger partial charge in [0.1, 0.15) is 18.2 Å². The van der Waals surface area contributed by atoms with Gasteiger partial charge in [-0.3, -0.25) is 0 Å². The van der Waals surface area contributed by atoms with Crippen LogP contribution in [-0.4, -0.2) is 0 Å². The van der Waals surface area contributed by atoms with Crippen LogP contribution in [0.15, 0.2) is 83.4 Å². The Balaban J connectivity index is 1.59. The molecule has 32 heavy (non-hydrogen) atoms. The van der Waals surface area contributed by atoms with Crippen LogP contribution in [0.2, 0.25) is 0 Å². The topological polar surface area (TPSA) is 17.0 Å². The summed E-state index contributed by atoms with van der Waals surface area (Å²) in [6.45, 7) is 1.12. The van der Waals surface area contributed by atoms with Gasteiger partial charge in [0, 0.05) is 33.3 Å². The average molecular weight is 421 g/mol. The Morgan fingerprint density at radius 1 is 0.844 bits per heavy atom. The minimum absolute atomic E-state index is 0.478. The van der Waals surface area contributed by atoms with Gasteiger partial charge in [0.2, 0.25) is 5.69 Å². The number of benzene rings is 4. The number of nitrogens with zero attached hydrogens (tertiary/aromatic N) is 1. The number of aromatic nitrogens is 1. The van der Waals surface area contributed by atoms with Crippen LogP contribution in [0.5, 0.6) is 0 Å². The summed E-state index contributed by atoms with van der Waals surface area (Å²) >= 11 is 0. The Kier molecular flexibility index (Phi) is 3.29. The molecular weight excluding hydrogens is 390 g/mol. The highest BCUT2D eigenvalue weighted by Crippen LogP contribution is 2.39. The molecule has 4 aromatic carbocycles. The molecule has 1 unspecified atom stereocenters. The molecule has 2 heterocycles. The summed E-state index contributed by atoms with van der Waals surface area (Å²) in [5.74, 6) is -1.69. The predicted molar refractivity (Wildman–Crippen MR) is 134 cm³/mol. The second kappa shape index (κ2) is 6.93. The Morgan fingerprint density at radius 3 is 2.50 bits per heavy atom. The predicted octanol–water partition coefficient (Wildman–Crippen LogP) is 7.82. The maximum Gasteiger partial charge on any atom is 0.220 e. The van der Waals surface area contributed by atoms with E-state index in [9.17, 15) is 0 Å². The van der Waals surface area contributed by atoms with Crippen LogP contribution in [0, 0.1) is 6.92 Å². The Hall–Kier alpha value is -3.65. The van der Waals surface area contributed by atoms with E-state index in [0.29, 0.717) is 5.56 Å². The number of furan rings is 1. The molecule has 0 bridgehead atoms. The summed E-state index contributed by atoms with van der Waals surface area (Å²) in [6.07, 6.45) is 1.98. The lowest BCUT2D eigenvalue weighted by Crippen LogP contribution is -2.30. The third kappa shape index (κ3) is 2.69. The molecule has 2 heteroatoms. The van der Waals surface area contributed by atoms with E-state index < -0.39 is 12.7 Å². The molecule has 6 aromatic rings. The standard InChI is InChI=1S/C30H26NO/c1-18(2)21-10-11-24-22(17-21)15-16-31(4)28(24)23-13-14-26-27-12-9-20-7-5-6-8-25(20)30(27)32-29(26)19(23)3/h5-18H,1-4H3/q+1/i1D3,18D. The van der Waals surface area contributed by atoms with Crippen LogP contribution < -0.4 is 4.57 Å². The van der Waals surface area contributed by atoms with Gasteiger partial charge in [-0.1, -0.05) is 56.2 Å². The zero-order valence-electron chi connectivity index (χ0n) is 22.4. The summed E-state index contributed by atoms with van der Waals surface area (Å²) in [4.78, 5) is 0. The van der Waals surface area contributed by atoms with Crippen LogP contribution in [0.3, 0.4) is 0 Å². The molecule has 0 amide bonds. The molecule has 156 valence electrons. The second-order valence-electron chi connectivity index (χ2n) is 8.58. The summed E-state index contributed by atoms with van der Waals surface area (Å²) < 4.78 is 40.6. The van der Waals surface area contributed by atoms with Gasteiger partial charge in [0.05, 0.1) is 10.9 Å². The molecule has 0 N–H and O–H groups in total. The van der Waals surface area contributed by atoms with Gasteiger partial charge in [-0.05, 0) is 53.4 Å². The minimum Gasteiger partial charge on any atom is -0.455 e. The van der Waals surface area contributed by atoms with Crippen molar-refractivity contribution in [2.75, 3.05) is 0 Å². The lowest BCUT2D eigenvalue weighted by Gasteiger charge is -2.11. The average Bonchev–Trinajstić information content (AvgIpc) is 3.24. The smallest absolute Gasteiger partial charge is 0.220 e. The minimum atomic E-state index is -2.42. The van der Waals surface area contributed by atoms with Crippen molar-refractivity contribution in [3.05, 3.63) is 90.1 Å². The van der Waals surface area contributed by atoms with E-state index in [4.69, 9.17) is 9.90 Å². The van der Waals surface area contributed by atoms with Crippen LogP contribution in [0.1, 0.15) is 36.3 Å². The van der Waals surface area contributed by atoms with Gasteiger partial charge in [-0.2, -0.15) is 0 Å². The lowest BCUT2D eigenvalue weighted by atomic mass is 9.94. The number of hydrogen-bond acceptors (Lipinski definition) is 1. The molecule has 0 aliphatic heterocycles. The second-order valence-corrected chi connectivity index (χ2v) is 8.58. The Morgan fingerprint density at radius 2 is 1.62 bits per heavy atom. The van der Waals surface area contributed by atoms with Gasteiger partial charge < -0.3 is 4.42 Å². The third-order valence-corrected chi connectivity index (χ3v) is 6.61. The molecule has 6 rings (SSSR count). The zero-order chi connectivity index (χ0) is 25.4. The highest BCUT2D eigenvalue weighted by Gasteiger charge is 2.21. The number of rotatable bonds is 2. The van der Waals surface area contributed by atoms with Crippen LogP contribution in [-0.2, 0) is 7.05 Å². The van der Waals surface area contributed by atoms with Crippen molar-refractivity contribution in [3.8, 4) is 11.3 Å². The number of fused-ring (bicyclic) bond motifs is 6. The van der Waals surface area contributed by atoms with Crippen LogP contribution in [0.25, 0.3) is 54.7 Å². The summed E-state index contributed by atoms with van der Waals surface area (Å²) in [5.41, 5.74) is 5.36. The summed E-state index contributed by atoms with van der Waals surface area (Å²) in [5, 5.41) is 6.33. The number of pyridine rings is 1. The maximum absolute atomic E-state index is 8.51. The van der Waals surface area contributed by atoms with Crippen molar-refractivity contribution in [2.45, 2.75) is 26.6 Å². The molecule has 0 saturated carbocycles. The molecule has 0 radical (unpaired) electrons. The van der Waals surface area contributed by atoms with E-state index in [0.717, 1.165) is 60.3 Å². The zero-order valence-corrected chi connectivity index (χ0v) is 18.4. The largest absolute Gasteiger partial charge is 0.455 e. The van der Waals surface area contributed by atoms with Crippen LogP contribution in [0.4, 0.5) is 0 Å². The highest BCUT2D eigenvalue weighted by atomic mass is 16.3.